The van der Waals surface area contributed by atoms with Gasteiger partial charge in [0.2, 0.25) is 13.6 Å². The van der Waals surface area contributed by atoms with Gasteiger partial charge in [-0.1, -0.05) is 39.3 Å². The molecule has 3 rings (SSSR count). The number of Topliss-reactive ketones (excluding diaryl/α,β-unsaturated/α-hetero) is 1. The average molecular weight is 659 g/mol. The lowest BCUT2D eigenvalue weighted by Crippen LogP contribution is -2.13. The van der Waals surface area contributed by atoms with Crippen LogP contribution in [0.3, 0.4) is 0 Å². The van der Waals surface area contributed by atoms with Crippen molar-refractivity contribution in [2.75, 3.05) is 13.6 Å². The molecule has 0 heterocycles. The third-order valence-corrected chi connectivity index (χ3v) is 6.63. The summed E-state index contributed by atoms with van der Waals surface area (Å²) in [5.74, 6) is -2.07. The standard InChI is InChI=1S/C37H38O11/c1-6-7-8-9-10-32(38)31-21-30(47-36(41)26-11-15-28(16-12-26)43-22-45-34(39)24(2)3)19-20-33(31)48-37(42)27-13-17-29(18-14-27)44-23-46-35(40)25(4)5/h11-21H,2,4,6-10,22-23H2,1,3,5H3. The van der Waals surface area contributed by atoms with Gasteiger partial charge in [0.05, 0.1) is 16.7 Å². The molecule has 0 aliphatic rings. The Morgan fingerprint density at radius 2 is 1.08 bits per heavy atom. The Labute approximate surface area is 279 Å². The number of unbranched alkanes of at least 4 members (excludes halogenated alkanes) is 3. The van der Waals surface area contributed by atoms with E-state index in [1.165, 1.54) is 80.6 Å². The van der Waals surface area contributed by atoms with Crippen molar-refractivity contribution >= 4 is 29.7 Å². The molecule has 0 aliphatic heterocycles. The molecule has 0 unspecified atom stereocenters. The maximum atomic E-state index is 13.3. The van der Waals surface area contributed by atoms with E-state index in [0.717, 1.165) is 19.3 Å². The highest BCUT2D eigenvalue weighted by Crippen LogP contribution is 2.28. The van der Waals surface area contributed by atoms with E-state index in [0.29, 0.717) is 17.9 Å². The van der Waals surface area contributed by atoms with Crippen LogP contribution < -0.4 is 18.9 Å². The number of ketones is 1. The smallest absolute Gasteiger partial charge is 0.343 e. The monoisotopic (exact) mass is 658 g/mol. The van der Waals surface area contributed by atoms with Crippen LogP contribution in [0, 0.1) is 0 Å². The number of carbonyl (C=O) groups is 5. The molecule has 48 heavy (non-hydrogen) atoms. The number of rotatable bonds is 18. The van der Waals surface area contributed by atoms with Crippen molar-refractivity contribution in [2.45, 2.75) is 52.9 Å². The van der Waals surface area contributed by atoms with Crippen molar-refractivity contribution in [1.82, 2.24) is 0 Å². The zero-order valence-corrected chi connectivity index (χ0v) is 27.2. The summed E-state index contributed by atoms with van der Waals surface area (Å²) in [4.78, 5) is 62.1. The molecule has 252 valence electrons. The zero-order chi connectivity index (χ0) is 35.1. The van der Waals surface area contributed by atoms with Crippen LogP contribution >= 0.6 is 0 Å². The molecule has 3 aromatic carbocycles. The summed E-state index contributed by atoms with van der Waals surface area (Å²) in [5.41, 5.74) is 0.950. The molecule has 0 amide bonds. The van der Waals surface area contributed by atoms with Gasteiger partial charge < -0.3 is 28.4 Å². The SMILES string of the molecule is C=C(C)C(=O)OCOc1ccc(C(=O)Oc2ccc(OC(=O)c3ccc(OCOC(=O)C(=C)C)cc3)c(C(=O)CCCCCC)c2)cc1. The Morgan fingerprint density at radius 1 is 0.604 bits per heavy atom. The van der Waals surface area contributed by atoms with Gasteiger partial charge in [0, 0.05) is 17.6 Å². The van der Waals surface area contributed by atoms with Crippen LogP contribution in [0.25, 0.3) is 0 Å². The van der Waals surface area contributed by atoms with Gasteiger partial charge in [0.1, 0.15) is 23.0 Å². The summed E-state index contributed by atoms with van der Waals surface area (Å²) in [7, 11) is 0. The first-order chi connectivity index (χ1) is 23.0. The van der Waals surface area contributed by atoms with Gasteiger partial charge >= 0.3 is 23.9 Å². The van der Waals surface area contributed by atoms with Gasteiger partial charge in [-0.25, -0.2) is 19.2 Å². The highest BCUT2D eigenvalue weighted by molar-refractivity contribution is 6.01. The maximum Gasteiger partial charge on any atom is 0.343 e. The normalized spacial score (nSPS) is 10.3. The largest absolute Gasteiger partial charge is 0.457 e. The summed E-state index contributed by atoms with van der Waals surface area (Å²) in [6.45, 7) is 11.4. The fourth-order valence-electron chi connectivity index (χ4n) is 3.97. The molecule has 0 aromatic heterocycles. The van der Waals surface area contributed by atoms with E-state index in [-0.39, 0.29) is 65.1 Å². The minimum atomic E-state index is -0.725. The molecule has 0 N–H and O–H groups in total. The van der Waals surface area contributed by atoms with Gasteiger partial charge in [-0.2, -0.15) is 0 Å². The highest BCUT2D eigenvalue weighted by atomic mass is 16.7. The molecule has 3 aromatic rings. The third kappa shape index (κ3) is 11.6. The molecule has 11 heteroatoms. The Kier molecular flexibility index (Phi) is 14.1. The molecule has 0 spiro atoms. The van der Waals surface area contributed by atoms with E-state index in [9.17, 15) is 24.0 Å². The second kappa shape index (κ2) is 18.4. The first-order valence-corrected chi connectivity index (χ1v) is 15.2. The minimum absolute atomic E-state index is 0.0150. The van der Waals surface area contributed by atoms with E-state index >= 15 is 0 Å². The summed E-state index contributed by atoms with van der Waals surface area (Å²) in [6.07, 6.45) is 3.71. The molecule has 0 saturated heterocycles. The summed E-state index contributed by atoms with van der Waals surface area (Å²) < 4.78 is 31.6. The molecule has 0 fully saturated rings. The zero-order valence-electron chi connectivity index (χ0n) is 27.2. The van der Waals surface area contributed by atoms with Crippen LogP contribution in [0.15, 0.2) is 91.0 Å². The summed E-state index contributed by atoms with van der Waals surface area (Å²) >= 11 is 0. The Bertz CT molecular complexity index is 1640. The van der Waals surface area contributed by atoms with Crippen LogP contribution in [0.1, 0.15) is 83.9 Å². The summed E-state index contributed by atoms with van der Waals surface area (Å²) in [6, 6.07) is 16.1. The Balaban J connectivity index is 1.69. The van der Waals surface area contributed by atoms with Crippen molar-refractivity contribution in [2.24, 2.45) is 0 Å². The van der Waals surface area contributed by atoms with E-state index in [4.69, 9.17) is 28.4 Å². The minimum Gasteiger partial charge on any atom is -0.457 e. The topological polar surface area (TPSA) is 141 Å². The lowest BCUT2D eigenvalue weighted by atomic mass is 10.0. The van der Waals surface area contributed by atoms with Crippen molar-refractivity contribution in [3.05, 3.63) is 108 Å². The van der Waals surface area contributed by atoms with Crippen LogP contribution in [-0.2, 0) is 19.1 Å². The number of hydrogen-bond donors (Lipinski definition) is 0. The number of carbonyl (C=O) groups excluding carboxylic acids is 5. The lowest BCUT2D eigenvalue weighted by Gasteiger charge is -2.13. The molecule has 0 saturated carbocycles. The van der Waals surface area contributed by atoms with Crippen LogP contribution in [0.4, 0.5) is 0 Å². The highest BCUT2D eigenvalue weighted by Gasteiger charge is 2.19. The van der Waals surface area contributed by atoms with Gasteiger partial charge in [0.25, 0.3) is 0 Å². The number of benzene rings is 3. The predicted octanol–water partition coefficient (Wildman–Crippen LogP) is 7.19. The van der Waals surface area contributed by atoms with Crippen molar-refractivity contribution in [1.29, 1.82) is 0 Å². The van der Waals surface area contributed by atoms with Gasteiger partial charge in [0.15, 0.2) is 5.78 Å². The van der Waals surface area contributed by atoms with E-state index in [1.54, 1.807) is 0 Å². The molecule has 0 atom stereocenters. The van der Waals surface area contributed by atoms with Crippen LogP contribution in [0.5, 0.6) is 23.0 Å². The van der Waals surface area contributed by atoms with Gasteiger partial charge in [-0.3, -0.25) is 4.79 Å². The first-order valence-electron chi connectivity index (χ1n) is 15.2. The maximum absolute atomic E-state index is 13.3. The van der Waals surface area contributed by atoms with Gasteiger partial charge in [-0.05, 0) is 87.0 Å². The average Bonchev–Trinajstić information content (AvgIpc) is 3.07. The quantitative estimate of drug-likeness (QED) is 0.0342. The molecule has 11 nitrogen and oxygen atoms in total. The number of ether oxygens (including phenoxy) is 6. The molecule has 0 bridgehead atoms. The van der Waals surface area contributed by atoms with E-state index in [1.807, 2.05) is 0 Å². The van der Waals surface area contributed by atoms with Crippen LogP contribution in [-0.4, -0.2) is 43.2 Å². The molecular formula is C37H38O11. The van der Waals surface area contributed by atoms with Gasteiger partial charge in [-0.15, -0.1) is 0 Å². The van der Waals surface area contributed by atoms with Crippen LogP contribution in [0.2, 0.25) is 0 Å². The number of hydrogen-bond acceptors (Lipinski definition) is 11. The molecule has 0 aliphatic carbocycles. The van der Waals surface area contributed by atoms with Crippen molar-refractivity contribution in [3.8, 4) is 23.0 Å². The van der Waals surface area contributed by atoms with E-state index < -0.39 is 23.9 Å². The summed E-state index contributed by atoms with van der Waals surface area (Å²) in [5, 5.41) is 0. The predicted molar refractivity (Wildman–Crippen MR) is 175 cm³/mol. The van der Waals surface area contributed by atoms with Crippen molar-refractivity contribution < 1.29 is 52.4 Å². The molecule has 0 radical (unpaired) electrons. The lowest BCUT2D eigenvalue weighted by molar-refractivity contribution is -0.146. The molecular weight excluding hydrogens is 620 g/mol. The van der Waals surface area contributed by atoms with Crippen molar-refractivity contribution in [3.63, 3.8) is 0 Å². The Morgan fingerprint density at radius 3 is 1.56 bits per heavy atom. The third-order valence-electron chi connectivity index (χ3n) is 6.63. The second-order valence-electron chi connectivity index (χ2n) is 10.7. The fourth-order valence-corrected chi connectivity index (χ4v) is 3.97. The number of esters is 4. The fraction of sp³-hybridized carbons (Fsp3) is 0.270. The first kappa shape index (κ1) is 36.8. The Hall–Kier alpha value is -5.71. The van der Waals surface area contributed by atoms with E-state index in [2.05, 4.69) is 20.1 Å². The second-order valence-corrected chi connectivity index (χ2v) is 10.7.